The number of carbonyl (C=O) groups is 2. The maximum absolute atomic E-state index is 12.1. The lowest BCUT2D eigenvalue weighted by molar-refractivity contribution is -0.136. The van der Waals surface area contributed by atoms with Gasteiger partial charge in [0.15, 0.2) is 0 Å². The Morgan fingerprint density at radius 3 is 2.59 bits per heavy atom. The number of thioether (sulfide) groups is 2. The van der Waals surface area contributed by atoms with Crippen molar-refractivity contribution in [3.63, 3.8) is 0 Å². The summed E-state index contributed by atoms with van der Waals surface area (Å²) in [6, 6.07) is 8.26. The van der Waals surface area contributed by atoms with Crippen LogP contribution in [0.15, 0.2) is 29.2 Å². The molecular formula is C20H29N3O2S2. The van der Waals surface area contributed by atoms with Crippen LogP contribution in [0.1, 0.15) is 25.7 Å². The summed E-state index contributed by atoms with van der Waals surface area (Å²) in [5, 5.41) is 5.50. The van der Waals surface area contributed by atoms with Gasteiger partial charge < -0.3 is 15.5 Å². The summed E-state index contributed by atoms with van der Waals surface area (Å²) in [5.74, 6) is 1.91. The molecule has 3 rings (SSSR count). The summed E-state index contributed by atoms with van der Waals surface area (Å²) < 4.78 is 0. The van der Waals surface area contributed by atoms with E-state index in [0.717, 1.165) is 36.9 Å². The minimum absolute atomic E-state index is 0.468. The van der Waals surface area contributed by atoms with Crippen LogP contribution in [0.3, 0.4) is 0 Å². The number of rotatable bonds is 5. The van der Waals surface area contributed by atoms with E-state index in [2.05, 4.69) is 27.3 Å². The number of piperidine rings is 1. The van der Waals surface area contributed by atoms with Gasteiger partial charge in [0, 0.05) is 23.2 Å². The van der Waals surface area contributed by atoms with E-state index in [-0.39, 0.29) is 0 Å². The molecule has 0 spiro atoms. The summed E-state index contributed by atoms with van der Waals surface area (Å²) in [6.07, 6.45) is 6.79. The van der Waals surface area contributed by atoms with Gasteiger partial charge in [-0.25, -0.2) is 0 Å². The van der Waals surface area contributed by atoms with Gasteiger partial charge in [0.1, 0.15) is 0 Å². The molecule has 7 heteroatoms. The first-order valence-electron chi connectivity index (χ1n) is 9.70. The van der Waals surface area contributed by atoms with Crippen LogP contribution in [0.25, 0.3) is 0 Å². The van der Waals surface area contributed by atoms with Gasteiger partial charge in [0.25, 0.3) is 0 Å². The molecule has 2 aliphatic heterocycles. The van der Waals surface area contributed by atoms with E-state index < -0.39 is 11.8 Å². The Hall–Kier alpha value is -1.18. The number of nitrogens with one attached hydrogen (secondary N) is 2. The normalized spacial score (nSPS) is 19.6. The molecule has 2 amide bonds. The number of hydrogen-bond acceptors (Lipinski definition) is 5. The van der Waals surface area contributed by atoms with E-state index in [1.54, 1.807) is 17.8 Å². The van der Waals surface area contributed by atoms with Crippen LogP contribution in [0.4, 0.5) is 5.69 Å². The molecule has 0 radical (unpaired) electrons. The van der Waals surface area contributed by atoms with Crippen molar-refractivity contribution >= 4 is 41.0 Å². The molecule has 27 heavy (non-hydrogen) atoms. The van der Waals surface area contributed by atoms with Crippen molar-refractivity contribution in [3.05, 3.63) is 24.3 Å². The zero-order valence-electron chi connectivity index (χ0n) is 15.9. The largest absolute Gasteiger partial charge is 0.348 e. The monoisotopic (exact) mass is 407 g/mol. The predicted molar refractivity (Wildman–Crippen MR) is 115 cm³/mol. The Morgan fingerprint density at radius 2 is 1.89 bits per heavy atom. The van der Waals surface area contributed by atoms with E-state index >= 15 is 0 Å². The van der Waals surface area contributed by atoms with Crippen LogP contribution >= 0.6 is 23.5 Å². The molecule has 0 atom stereocenters. The Labute approximate surface area is 170 Å². The predicted octanol–water partition coefficient (Wildman–Crippen LogP) is 3.07. The first-order valence-corrected chi connectivity index (χ1v) is 12.1. The van der Waals surface area contributed by atoms with Crippen molar-refractivity contribution in [2.45, 2.75) is 36.6 Å². The Morgan fingerprint density at radius 1 is 1.15 bits per heavy atom. The Kier molecular flexibility index (Phi) is 7.91. The molecule has 0 saturated carbocycles. The fourth-order valence-corrected chi connectivity index (χ4v) is 5.32. The molecule has 2 fully saturated rings. The van der Waals surface area contributed by atoms with Crippen molar-refractivity contribution in [2.75, 3.05) is 42.7 Å². The molecule has 5 nitrogen and oxygen atoms in total. The van der Waals surface area contributed by atoms with Crippen LogP contribution in [-0.4, -0.2) is 60.2 Å². The van der Waals surface area contributed by atoms with Crippen molar-refractivity contribution in [2.24, 2.45) is 5.92 Å². The number of hydrogen-bond donors (Lipinski definition) is 2. The quantitative estimate of drug-likeness (QED) is 0.580. The maximum Gasteiger partial charge on any atom is 0.313 e. The number of benzene rings is 1. The SMILES string of the molecule is CSc1cccc(NC(=O)C(=O)NCC2CCN(C3CCSCC3)CC2)c1. The van der Waals surface area contributed by atoms with Crippen LogP contribution in [0, 0.1) is 5.92 Å². The van der Waals surface area contributed by atoms with E-state index in [4.69, 9.17) is 0 Å². The number of likely N-dealkylation sites (tertiary alicyclic amines) is 1. The van der Waals surface area contributed by atoms with Gasteiger partial charge in [-0.15, -0.1) is 11.8 Å². The molecule has 1 aromatic rings. The molecule has 2 N–H and O–H groups in total. The zero-order valence-corrected chi connectivity index (χ0v) is 17.5. The Balaban J connectivity index is 1.38. The molecule has 1 aromatic carbocycles. The zero-order chi connectivity index (χ0) is 19.1. The van der Waals surface area contributed by atoms with Crippen molar-refractivity contribution in [1.29, 1.82) is 0 Å². The highest BCUT2D eigenvalue weighted by molar-refractivity contribution is 7.99. The molecule has 2 aliphatic rings. The van der Waals surface area contributed by atoms with Gasteiger partial charge in [-0.3, -0.25) is 9.59 Å². The summed E-state index contributed by atoms with van der Waals surface area (Å²) in [5.41, 5.74) is 0.654. The van der Waals surface area contributed by atoms with E-state index in [9.17, 15) is 9.59 Å². The topological polar surface area (TPSA) is 61.4 Å². The second-order valence-corrected chi connectivity index (χ2v) is 9.32. The van der Waals surface area contributed by atoms with Crippen LogP contribution in [0.5, 0.6) is 0 Å². The number of amides is 2. The van der Waals surface area contributed by atoms with E-state index in [0.29, 0.717) is 18.2 Å². The van der Waals surface area contributed by atoms with Crippen molar-refractivity contribution in [1.82, 2.24) is 10.2 Å². The van der Waals surface area contributed by atoms with Crippen LogP contribution in [-0.2, 0) is 9.59 Å². The standard InChI is InChI=1S/C20H29N3O2S2/c1-26-18-4-2-3-16(13-18)22-20(25)19(24)21-14-15-5-9-23(10-6-15)17-7-11-27-12-8-17/h2-4,13,15,17H,5-12,14H2,1H3,(H,21,24)(H,22,25). The molecule has 0 aliphatic carbocycles. The average Bonchev–Trinajstić information content (AvgIpc) is 2.73. The second kappa shape index (κ2) is 10.4. The number of carbonyl (C=O) groups excluding carboxylic acids is 2. The molecule has 2 saturated heterocycles. The van der Waals surface area contributed by atoms with E-state index in [1.807, 2.05) is 24.5 Å². The van der Waals surface area contributed by atoms with Gasteiger partial charge in [-0.2, -0.15) is 11.8 Å². The lowest BCUT2D eigenvalue weighted by Gasteiger charge is -2.39. The smallest absolute Gasteiger partial charge is 0.313 e. The first kappa shape index (κ1) is 20.6. The van der Waals surface area contributed by atoms with Gasteiger partial charge in [0.2, 0.25) is 0 Å². The Bertz CT molecular complexity index is 642. The van der Waals surface area contributed by atoms with Crippen LogP contribution in [0.2, 0.25) is 0 Å². The van der Waals surface area contributed by atoms with Gasteiger partial charge in [-0.1, -0.05) is 6.07 Å². The fraction of sp³-hybridized carbons (Fsp3) is 0.600. The third-order valence-electron chi connectivity index (χ3n) is 5.44. The minimum atomic E-state index is -0.592. The summed E-state index contributed by atoms with van der Waals surface area (Å²) in [7, 11) is 0. The van der Waals surface area contributed by atoms with E-state index in [1.165, 1.54) is 24.3 Å². The summed E-state index contributed by atoms with van der Waals surface area (Å²) in [6.45, 7) is 2.82. The fourth-order valence-electron chi connectivity index (χ4n) is 3.78. The number of nitrogens with zero attached hydrogens (tertiary/aromatic N) is 1. The highest BCUT2D eigenvalue weighted by Crippen LogP contribution is 2.26. The average molecular weight is 408 g/mol. The first-order chi connectivity index (χ1) is 13.2. The van der Waals surface area contributed by atoms with Gasteiger partial charge in [0.05, 0.1) is 0 Å². The summed E-state index contributed by atoms with van der Waals surface area (Å²) in [4.78, 5) is 27.9. The third kappa shape index (κ3) is 6.16. The third-order valence-corrected chi connectivity index (χ3v) is 7.22. The van der Waals surface area contributed by atoms with Gasteiger partial charge in [-0.05, 0) is 80.7 Å². The number of anilines is 1. The van der Waals surface area contributed by atoms with Crippen LogP contribution < -0.4 is 10.6 Å². The maximum atomic E-state index is 12.1. The van der Waals surface area contributed by atoms with Crippen molar-refractivity contribution < 1.29 is 9.59 Å². The highest BCUT2D eigenvalue weighted by Gasteiger charge is 2.26. The second-order valence-electron chi connectivity index (χ2n) is 7.22. The highest BCUT2D eigenvalue weighted by atomic mass is 32.2. The lowest BCUT2D eigenvalue weighted by Crippen LogP contribution is -2.45. The molecular weight excluding hydrogens is 378 g/mol. The lowest BCUT2D eigenvalue weighted by atomic mass is 9.94. The van der Waals surface area contributed by atoms with Gasteiger partial charge >= 0.3 is 11.8 Å². The summed E-state index contributed by atoms with van der Waals surface area (Å²) >= 11 is 3.67. The van der Waals surface area contributed by atoms with Crippen molar-refractivity contribution in [3.8, 4) is 0 Å². The molecule has 148 valence electrons. The molecule has 0 aromatic heterocycles. The molecule has 2 heterocycles. The molecule has 0 unspecified atom stereocenters. The molecule has 0 bridgehead atoms. The minimum Gasteiger partial charge on any atom is -0.348 e.